The lowest BCUT2D eigenvalue weighted by molar-refractivity contribution is 0.0593. The molecule has 0 bridgehead atoms. The standard InChI is InChI=1S/C19H19BrO5/c1-3-4-11-24-15-8-5-13(6-9-15)18(21)25-17-10-7-14(20)12-16(17)19(22)23-2/h5-10,12H,3-4,11H2,1-2H3. The van der Waals surface area contributed by atoms with Crippen molar-refractivity contribution in [2.45, 2.75) is 19.8 Å². The number of unbranched alkanes of at least 4 members (excludes halogenated alkanes) is 1. The van der Waals surface area contributed by atoms with E-state index in [2.05, 4.69) is 22.9 Å². The number of esters is 2. The Morgan fingerprint density at radius 3 is 2.40 bits per heavy atom. The molecule has 6 heteroatoms. The van der Waals surface area contributed by atoms with Gasteiger partial charge in [-0.05, 0) is 48.9 Å². The fourth-order valence-corrected chi connectivity index (χ4v) is 2.40. The van der Waals surface area contributed by atoms with Crippen molar-refractivity contribution in [3.05, 3.63) is 58.1 Å². The minimum absolute atomic E-state index is 0.142. The number of ether oxygens (including phenoxy) is 3. The average molecular weight is 407 g/mol. The molecule has 0 N–H and O–H groups in total. The van der Waals surface area contributed by atoms with Gasteiger partial charge in [-0.15, -0.1) is 0 Å². The monoisotopic (exact) mass is 406 g/mol. The number of hydrogen-bond donors (Lipinski definition) is 0. The van der Waals surface area contributed by atoms with Crippen LogP contribution < -0.4 is 9.47 Å². The molecule has 0 aromatic heterocycles. The summed E-state index contributed by atoms with van der Waals surface area (Å²) in [6.07, 6.45) is 2.03. The largest absolute Gasteiger partial charge is 0.494 e. The summed E-state index contributed by atoms with van der Waals surface area (Å²) in [5.41, 5.74) is 0.534. The second-order valence-corrected chi connectivity index (χ2v) is 6.16. The van der Waals surface area contributed by atoms with Crippen molar-refractivity contribution in [1.29, 1.82) is 0 Å². The Kier molecular flexibility index (Phi) is 7.01. The summed E-state index contributed by atoms with van der Waals surface area (Å²) in [4.78, 5) is 24.1. The van der Waals surface area contributed by atoms with Gasteiger partial charge in [0.2, 0.25) is 0 Å². The molecule has 0 atom stereocenters. The highest BCUT2D eigenvalue weighted by Crippen LogP contribution is 2.25. The summed E-state index contributed by atoms with van der Waals surface area (Å²) in [5.74, 6) is -0.302. The molecule has 2 aromatic carbocycles. The molecule has 0 saturated carbocycles. The van der Waals surface area contributed by atoms with E-state index in [-0.39, 0.29) is 11.3 Å². The second kappa shape index (κ2) is 9.22. The fraction of sp³-hybridized carbons (Fsp3) is 0.263. The van der Waals surface area contributed by atoms with Crippen LogP contribution in [0.25, 0.3) is 0 Å². The van der Waals surface area contributed by atoms with Gasteiger partial charge in [-0.3, -0.25) is 0 Å². The van der Waals surface area contributed by atoms with E-state index in [1.165, 1.54) is 13.2 Å². The number of carbonyl (C=O) groups excluding carboxylic acids is 2. The third kappa shape index (κ3) is 5.32. The van der Waals surface area contributed by atoms with E-state index in [4.69, 9.17) is 14.2 Å². The highest BCUT2D eigenvalue weighted by molar-refractivity contribution is 9.10. The molecule has 132 valence electrons. The predicted octanol–water partition coefficient (Wildman–Crippen LogP) is 4.63. The molecule has 0 fully saturated rings. The molecular weight excluding hydrogens is 388 g/mol. The Labute approximate surface area is 155 Å². The van der Waals surface area contributed by atoms with Crippen LogP contribution in [0.2, 0.25) is 0 Å². The van der Waals surface area contributed by atoms with E-state index in [1.54, 1.807) is 36.4 Å². The zero-order valence-corrected chi connectivity index (χ0v) is 15.7. The zero-order valence-electron chi connectivity index (χ0n) is 14.1. The van der Waals surface area contributed by atoms with Gasteiger partial charge in [0.1, 0.15) is 17.1 Å². The molecular formula is C19H19BrO5. The van der Waals surface area contributed by atoms with Gasteiger partial charge >= 0.3 is 11.9 Å². The maximum absolute atomic E-state index is 12.3. The zero-order chi connectivity index (χ0) is 18.2. The van der Waals surface area contributed by atoms with Gasteiger partial charge in [-0.1, -0.05) is 29.3 Å². The molecule has 25 heavy (non-hydrogen) atoms. The van der Waals surface area contributed by atoms with Crippen LogP contribution in [0.15, 0.2) is 46.9 Å². The van der Waals surface area contributed by atoms with Crippen LogP contribution in [0.3, 0.4) is 0 Å². The maximum Gasteiger partial charge on any atom is 0.343 e. The summed E-state index contributed by atoms with van der Waals surface area (Å²) in [7, 11) is 1.27. The summed E-state index contributed by atoms with van der Waals surface area (Å²) in [5, 5.41) is 0. The summed E-state index contributed by atoms with van der Waals surface area (Å²) in [6.45, 7) is 2.73. The summed E-state index contributed by atoms with van der Waals surface area (Å²) in [6, 6.07) is 11.4. The second-order valence-electron chi connectivity index (χ2n) is 5.25. The number of methoxy groups -OCH3 is 1. The Balaban J connectivity index is 2.10. The van der Waals surface area contributed by atoms with Crippen molar-refractivity contribution >= 4 is 27.9 Å². The van der Waals surface area contributed by atoms with E-state index in [1.807, 2.05) is 0 Å². The van der Waals surface area contributed by atoms with Crippen molar-refractivity contribution in [2.75, 3.05) is 13.7 Å². The lowest BCUT2D eigenvalue weighted by Gasteiger charge is -2.10. The molecule has 5 nitrogen and oxygen atoms in total. The summed E-state index contributed by atoms with van der Waals surface area (Å²) >= 11 is 3.28. The molecule has 0 saturated heterocycles. The third-order valence-electron chi connectivity index (χ3n) is 3.41. The normalized spacial score (nSPS) is 10.2. The molecule has 0 aliphatic rings. The Bertz CT molecular complexity index is 740. The van der Waals surface area contributed by atoms with E-state index in [9.17, 15) is 9.59 Å². The number of rotatable bonds is 7. The first-order valence-electron chi connectivity index (χ1n) is 7.88. The number of carbonyl (C=O) groups is 2. The number of hydrogen-bond acceptors (Lipinski definition) is 5. The van der Waals surface area contributed by atoms with Crippen LogP contribution in [0.5, 0.6) is 11.5 Å². The molecule has 0 spiro atoms. The smallest absolute Gasteiger partial charge is 0.343 e. The first-order chi connectivity index (χ1) is 12.0. The average Bonchev–Trinajstić information content (AvgIpc) is 2.63. The van der Waals surface area contributed by atoms with Crippen molar-refractivity contribution in [1.82, 2.24) is 0 Å². The van der Waals surface area contributed by atoms with Crippen LogP contribution >= 0.6 is 15.9 Å². The Morgan fingerprint density at radius 1 is 1.04 bits per heavy atom. The van der Waals surface area contributed by atoms with Crippen molar-refractivity contribution in [3.8, 4) is 11.5 Å². The van der Waals surface area contributed by atoms with E-state index in [0.29, 0.717) is 22.4 Å². The Hall–Kier alpha value is -2.34. The minimum atomic E-state index is -0.580. The van der Waals surface area contributed by atoms with Gasteiger partial charge in [-0.2, -0.15) is 0 Å². The van der Waals surface area contributed by atoms with Crippen LogP contribution in [0, 0.1) is 0 Å². The molecule has 0 aliphatic carbocycles. The predicted molar refractivity (Wildman–Crippen MR) is 97.3 cm³/mol. The fourth-order valence-electron chi connectivity index (χ4n) is 2.04. The molecule has 2 rings (SSSR count). The van der Waals surface area contributed by atoms with Gasteiger partial charge in [-0.25, -0.2) is 9.59 Å². The highest BCUT2D eigenvalue weighted by atomic mass is 79.9. The first-order valence-corrected chi connectivity index (χ1v) is 8.67. The first kappa shape index (κ1) is 19.0. The molecule has 0 aliphatic heterocycles. The van der Waals surface area contributed by atoms with Gasteiger partial charge in [0.15, 0.2) is 0 Å². The van der Waals surface area contributed by atoms with Gasteiger partial charge < -0.3 is 14.2 Å². The van der Waals surface area contributed by atoms with Crippen molar-refractivity contribution in [3.63, 3.8) is 0 Å². The topological polar surface area (TPSA) is 61.8 Å². The van der Waals surface area contributed by atoms with E-state index >= 15 is 0 Å². The number of halogens is 1. The Morgan fingerprint density at radius 2 is 1.76 bits per heavy atom. The molecule has 0 heterocycles. The molecule has 0 unspecified atom stereocenters. The molecule has 0 amide bonds. The van der Waals surface area contributed by atoms with Crippen LogP contribution in [-0.4, -0.2) is 25.7 Å². The van der Waals surface area contributed by atoms with Crippen molar-refractivity contribution in [2.24, 2.45) is 0 Å². The lowest BCUT2D eigenvalue weighted by Crippen LogP contribution is -2.12. The highest BCUT2D eigenvalue weighted by Gasteiger charge is 2.17. The lowest BCUT2D eigenvalue weighted by atomic mass is 10.2. The van der Waals surface area contributed by atoms with E-state index < -0.39 is 11.9 Å². The van der Waals surface area contributed by atoms with Crippen LogP contribution in [-0.2, 0) is 4.74 Å². The number of benzene rings is 2. The maximum atomic E-state index is 12.3. The van der Waals surface area contributed by atoms with Crippen LogP contribution in [0.4, 0.5) is 0 Å². The minimum Gasteiger partial charge on any atom is -0.494 e. The summed E-state index contributed by atoms with van der Waals surface area (Å²) < 4.78 is 16.3. The molecule has 0 radical (unpaired) electrons. The van der Waals surface area contributed by atoms with Crippen LogP contribution in [0.1, 0.15) is 40.5 Å². The van der Waals surface area contributed by atoms with Crippen molar-refractivity contribution < 1.29 is 23.8 Å². The van der Waals surface area contributed by atoms with Gasteiger partial charge in [0, 0.05) is 4.47 Å². The third-order valence-corrected chi connectivity index (χ3v) is 3.90. The van der Waals surface area contributed by atoms with E-state index in [0.717, 1.165) is 12.8 Å². The van der Waals surface area contributed by atoms with Gasteiger partial charge in [0.25, 0.3) is 0 Å². The SMILES string of the molecule is CCCCOc1ccc(C(=O)Oc2ccc(Br)cc2C(=O)OC)cc1. The van der Waals surface area contributed by atoms with Gasteiger partial charge in [0.05, 0.1) is 19.3 Å². The molecule has 2 aromatic rings. The quantitative estimate of drug-likeness (QED) is 0.380.